The summed E-state index contributed by atoms with van der Waals surface area (Å²) in [7, 11) is 0. The quantitative estimate of drug-likeness (QED) is 0.819. The van der Waals surface area contributed by atoms with Gasteiger partial charge in [0.25, 0.3) is 0 Å². The summed E-state index contributed by atoms with van der Waals surface area (Å²) < 4.78 is 7.70. The Morgan fingerprint density at radius 3 is 3.12 bits per heavy atom. The molecule has 0 aromatic carbocycles. The van der Waals surface area contributed by atoms with Gasteiger partial charge < -0.3 is 10.5 Å². The van der Waals surface area contributed by atoms with E-state index < -0.39 is 0 Å². The van der Waals surface area contributed by atoms with Crippen LogP contribution in [0.3, 0.4) is 0 Å². The summed E-state index contributed by atoms with van der Waals surface area (Å²) in [6.45, 7) is 1.71. The zero-order valence-corrected chi connectivity index (χ0v) is 10.1. The van der Waals surface area contributed by atoms with Crippen LogP contribution in [0.2, 0.25) is 0 Å². The van der Waals surface area contributed by atoms with E-state index in [1.54, 1.807) is 0 Å². The average molecular weight is 236 g/mol. The Bertz CT molecular complexity index is 384. The van der Waals surface area contributed by atoms with Crippen LogP contribution in [0.15, 0.2) is 0 Å². The first kappa shape index (κ1) is 11.2. The predicted octanol–water partition coefficient (Wildman–Crippen LogP) is 0.663. The highest BCUT2D eigenvalue weighted by molar-refractivity contribution is 4.99. The van der Waals surface area contributed by atoms with E-state index in [0.29, 0.717) is 6.10 Å². The van der Waals surface area contributed by atoms with Gasteiger partial charge in [0.2, 0.25) is 0 Å². The highest BCUT2D eigenvalue weighted by atomic mass is 16.5. The minimum absolute atomic E-state index is 0.239. The Morgan fingerprint density at radius 2 is 2.29 bits per heavy atom. The fraction of sp³-hybridized carbons (Fsp3) is 0.833. The summed E-state index contributed by atoms with van der Waals surface area (Å²) >= 11 is 0. The molecule has 2 atom stereocenters. The molecule has 1 saturated heterocycles. The van der Waals surface area contributed by atoms with Crippen LogP contribution in [-0.4, -0.2) is 33.5 Å². The molecule has 0 spiro atoms. The van der Waals surface area contributed by atoms with Gasteiger partial charge in [0.15, 0.2) is 5.82 Å². The van der Waals surface area contributed by atoms with E-state index in [-0.39, 0.29) is 6.04 Å². The molecule has 5 heteroatoms. The Morgan fingerprint density at radius 1 is 1.35 bits per heavy atom. The molecular weight excluding hydrogens is 216 g/mol. The van der Waals surface area contributed by atoms with Gasteiger partial charge in [0.05, 0.1) is 12.6 Å². The largest absolute Gasteiger partial charge is 0.378 e. The summed E-state index contributed by atoms with van der Waals surface area (Å²) in [6.07, 6.45) is 6.76. The number of aromatic nitrogens is 3. The van der Waals surface area contributed by atoms with Crippen molar-refractivity contribution < 1.29 is 4.74 Å². The SMILES string of the molecule is NC1CCc2nc(CC3CCCCO3)nn2C1. The minimum Gasteiger partial charge on any atom is -0.378 e. The monoisotopic (exact) mass is 236 g/mol. The topological polar surface area (TPSA) is 66.0 Å². The molecule has 5 nitrogen and oxygen atoms in total. The van der Waals surface area contributed by atoms with Crippen LogP contribution in [0, 0.1) is 0 Å². The minimum atomic E-state index is 0.239. The van der Waals surface area contributed by atoms with Crippen molar-refractivity contribution in [2.45, 2.75) is 57.2 Å². The van der Waals surface area contributed by atoms with Crippen molar-refractivity contribution >= 4 is 0 Å². The van der Waals surface area contributed by atoms with Crippen molar-refractivity contribution in [3.8, 4) is 0 Å². The van der Waals surface area contributed by atoms with E-state index in [1.165, 1.54) is 12.8 Å². The Kier molecular flexibility index (Phi) is 3.11. The van der Waals surface area contributed by atoms with Crippen molar-refractivity contribution in [3.05, 3.63) is 11.6 Å². The summed E-state index contributed by atoms with van der Waals surface area (Å²) in [4.78, 5) is 4.60. The second-order valence-corrected chi connectivity index (χ2v) is 5.12. The van der Waals surface area contributed by atoms with Crippen LogP contribution in [0.25, 0.3) is 0 Å². The van der Waals surface area contributed by atoms with Gasteiger partial charge in [-0.25, -0.2) is 9.67 Å². The Labute approximate surface area is 101 Å². The molecule has 94 valence electrons. The molecule has 2 aliphatic rings. The number of nitrogens with two attached hydrogens (primary N) is 1. The third kappa shape index (κ3) is 2.50. The average Bonchev–Trinajstić information content (AvgIpc) is 2.71. The first-order valence-corrected chi connectivity index (χ1v) is 6.61. The fourth-order valence-corrected chi connectivity index (χ4v) is 2.64. The molecule has 0 saturated carbocycles. The summed E-state index contributed by atoms with van der Waals surface area (Å²) in [6, 6.07) is 0.239. The van der Waals surface area contributed by atoms with Crippen LogP contribution in [0.5, 0.6) is 0 Å². The van der Waals surface area contributed by atoms with E-state index in [9.17, 15) is 0 Å². The number of aryl methyl sites for hydroxylation is 1. The number of hydrogen-bond donors (Lipinski definition) is 1. The lowest BCUT2D eigenvalue weighted by molar-refractivity contribution is 0.0156. The number of rotatable bonds is 2. The number of ether oxygens (including phenoxy) is 1. The molecule has 2 N–H and O–H groups in total. The summed E-state index contributed by atoms with van der Waals surface area (Å²) in [5, 5.41) is 4.54. The number of hydrogen-bond acceptors (Lipinski definition) is 4. The summed E-state index contributed by atoms with van der Waals surface area (Å²) in [5.41, 5.74) is 5.93. The van der Waals surface area contributed by atoms with Gasteiger partial charge in [-0.1, -0.05) is 0 Å². The zero-order chi connectivity index (χ0) is 11.7. The smallest absolute Gasteiger partial charge is 0.153 e. The maximum absolute atomic E-state index is 5.93. The zero-order valence-electron chi connectivity index (χ0n) is 10.1. The summed E-state index contributed by atoms with van der Waals surface area (Å²) in [5.74, 6) is 2.03. The molecule has 0 bridgehead atoms. The van der Waals surface area contributed by atoms with Crippen molar-refractivity contribution in [1.29, 1.82) is 0 Å². The van der Waals surface area contributed by atoms with Crippen LogP contribution < -0.4 is 5.73 Å². The van der Waals surface area contributed by atoms with Crippen molar-refractivity contribution in [2.75, 3.05) is 6.61 Å². The lowest BCUT2D eigenvalue weighted by Gasteiger charge is -2.21. The van der Waals surface area contributed by atoms with Crippen LogP contribution >= 0.6 is 0 Å². The fourth-order valence-electron chi connectivity index (χ4n) is 2.64. The first-order chi connectivity index (χ1) is 8.31. The molecular formula is C12H20N4O. The third-order valence-corrected chi connectivity index (χ3v) is 3.62. The molecule has 1 fully saturated rings. The van der Waals surface area contributed by atoms with Crippen LogP contribution in [0.1, 0.15) is 37.3 Å². The molecule has 0 radical (unpaired) electrons. The highest BCUT2D eigenvalue weighted by Gasteiger charge is 2.21. The van der Waals surface area contributed by atoms with Crippen LogP contribution in [-0.2, 0) is 24.1 Å². The number of nitrogens with zero attached hydrogens (tertiary/aromatic N) is 3. The van der Waals surface area contributed by atoms with E-state index >= 15 is 0 Å². The van der Waals surface area contributed by atoms with Gasteiger partial charge in [-0.05, 0) is 25.7 Å². The van der Waals surface area contributed by atoms with E-state index in [1.807, 2.05) is 4.68 Å². The molecule has 17 heavy (non-hydrogen) atoms. The predicted molar refractivity (Wildman–Crippen MR) is 63.6 cm³/mol. The Hall–Kier alpha value is -0.940. The van der Waals surface area contributed by atoms with Crippen LogP contribution in [0.4, 0.5) is 0 Å². The Balaban J connectivity index is 1.67. The maximum atomic E-state index is 5.93. The van der Waals surface area contributed by atoms with E-state index in [4.69, 9.17) is 10.5 Å². The van der Waals surface area contributed by atoms with Crippen molar-refractivity contribution in [3.63, 3.8) is 0 Å². The van der Waals surface area contributed by atoms with Gasteiger partial charge >= 0.3 is 0 Å². The van der Waals surface area contributed by atoms with Gasteiger partial charge in [0, 0.05) is 25.5 Å². The molecule has 0 aliphatic carbocycles. The molecule has 0 amide bonds. The maximum Gasteiger partial charge on any atom is 0.153 e. The first-order valence-electron chi connectivity index (χ1n) is 6.61. The second-order valence-electron chi connectivity index (χ2n) is 5.12. The van der Waals surface area contributed by atoms with Crippen molar-refractivity contribution in [1.82, 2.24) is 14.8 Å². The standard InChI is InChI=1S/C12H20N4O/c13-9-4-5-12-14-11(15-16(12)8-9)7-10-3-1-2-6-17-10/h9-10H,1-8,13H2. The lowest BCUT2D eigenvalue weighted by Crippen LogP contribution is -2.32. The van der Waals surface area contributed by atoms with Gasteiger partial charge in [-0.2, -0.15) is 5.10 Å². The molecule has 2 aliphatic heterocycles. The number of fused-ring (bicyclic) bond motifs is 1. The van der Waals surface area contributed by atoms with Gasteiger partial charge in [-0.3, -0.25) is 0 Å². The van der Waals surface area contributed by atoms with Crippen molar-refractivity contribution in [2.24, 2.45) is 5.73 Å². The molecule has 3 rings (SSSR count). The lowest BCUT2D eigenvalue weighted by atomic mass is 10.1. The van der Waals surface area contributed by atoms with E-state index in [0.717, 1.165) is 50.5 Å². The van der Waals surface area contributed by atoms with E-state index in [2.05, 4.69) is 10.1 Å². The normalized spacial score (nSPS) is 29.0. The third-order valence-electron chi connectivity index (χ3n) is 3.62. The molecule has 2 unspecified atom stereocenters. The highest BCUT2D eigenvalue weighted by Crippen LogP contribution is 2.17. The van der Waals surface area contributed by atoms with Gasteiger partial charge in [0.1, 0.15) is 5.82 Å². The second kappa shape index (κ2) is 4.74. The molecule has 1 aromatic heterocycles. The molecule has 1 aromatic rings. The van der Waals surface area contributed by atoms with Gasteiger partial charge in [-0.15, -0.1) is 0 Å². The molecule has 3 heterocycles.